The number of alkyl halides is 3. The lowest BCUT2D eigenvalue weighted by Gasteiger charge is -2.35. The normalized spacial score (nSPS) is 17.9. The summed E-state index contributed by atoms with van der Waals surface area (Å²) < 4.78 is 39.4. The molecule has 126 valence electrons. The maximum atomic E-state index is 12.9. The van der Waals surface area contributed by atoms with E-state index in [1.807, 2.05) is 0 Å². The molecule has 2 N–H and O–H groups in total. The van der Waals surface area contributed by atoms with E-state index in [4.69, 9.17) is 0 Å². The first-order valence-corrected chi connectivity index (χ1v) is 7.65. The maximum absolute atomic E-state index is 12.9. The van der Waals surface area contributed by atoms with Crippen LogP contribution in [-0.4, -0.2) is 42.8 Å². The smallest absolute Gasteiger partial charge is 0.396 e. The molecule has 1 atom stereocenters. The largest absolute Gasteiger partial charge is 0.416 e. The van der Waals surface area contributed by atoms with E-state index in [0.29, 0.717) is 16.5 Å². The third kappa shape index (κ3) is 4.83. The van der Waals surface area contributed by atoms with Crippen LogP contribution in [-0.2, 0) is 6.18 Å². The number of nitrogens with zero attached hydrogens (tertiary/aromatic N) is 1. The van der Waals surface area contributed by atoms with Gasteiger partial charge in [0.1, 0.15) is 0 Å². The summed E-state index contributed by atoms with van der Waals surface area (Å²) in [6, 6.07) is 3.48. The zero-order chi connectivity index (χ0) is 15.5. The van der Waals surface area contributed by atoms with Crippen molar-refractivity contribution in [3.05, 3.63) is 33.8 Å². The Morgan fingerprint density at radius 3 is 2.45 bits per heavy atom. The molecule has 0 spiro atoms. The Balaban J connectivity index is 0.00000242. The number of aliphatic hydroxyl groups excluding tert-OH is 1. The summed E-state index contributed by atoms with van der Waals surface area (Å²) in [6.07, 6.45) is -3.94. The van der Waals surface area contributed by atoms with Gasteiger partial charge in [-0.25, -0.2) is 0 Å². The fourth-order valence-electron chi connectivity index (χ4n) is 2.63. The lowest BCUT2D eigenvalue weighted by Crippen LogP contribution is -2.45. The van der Waals surface area contributed by atoms with E-state index in [9.17, 15) is 18.3 Å². The molecule has 0 amide bonds. The predicted molar refractivity (Wildman–Crippen MR) is 85.3 cm³/mol. The molecule has 0 unspecified atom stereocenters. The SMILES string of the molecule is Cl.OCC[C@@H](c1cc(C(F)(F)F)ccc1Br)N1CCNCC1. The topological polar surface area (TPSA) is 35.5 Å². The van der Waals surface area contributed by atoms with E-state index in [1.165, 1.54) is 12.1 Å². The van der Waals surface area contributed by atoms with Crippen LogP contribution in [0.5, 0.6) is 0 Å². The predicted octanol–water partition coefficient (Wildman–Crippen LogP) is 3.22. The number of benzene rings is 1. The minimum absolute atomic E-state index is 0. The summed E-state index contributed by atoms with van der Waals surface area (Å²) in [4.78, 5) is 2.12. The van der Waals surface area contributed by atoms with Gasteiger partial charge in [0.15, 0.2) is 0 Å². The maximum Gasteiger partial charge on any atom is 0.416 e. The fraction of sp³-hybridized carbons (Fsp3) is 0.571. The minimum Gasteiger partial charge on any atom is -0.396 e. The summed E-state index contributed by atoms with van der Waals surface area (Å²) in [5, 5.41) is 12.5. The first-order chi connectivity index (χ1) is 9.93. The molecular formula is C14H19BrClF3N2O. The summed E-state index contributed by atoms with van der Waals surface area (Å²) in [5.74, 6) is 0. The lowest BCUT2D eigenvalue weighted by molar-refractivity contribution is -0.137. The second-order valence-electron chi connectivity index (χ2n) is 5.05. The first kappa shape index (κ1) is 19.7. The average Bonchev–Trinajstić information content (AvgIpc) is 2.45. The van der Waals surface area contributed by atoms with Crippen LogP contribution >= 0.6 is 28.3 Å². The standard InChI is InChI=1S/C14H18BrF3N2O.ClH/c15-12-2-1-10(14(16,17)18)9-11(12)13(3-8-21)20-6-4-19-5-7-20;/h1-2,9,13,19,21H,3-8H2;1H/t13-;/m0./s1. The summed E-state index contributed by atoms with van der Waals surface area (Å²) in [6.45, 7) is 3.06. The summed E-state index contributed by atoms with van der Waals surface area (Å²) in [7, 11) is 0. The zero-order valence-electron chi connectivity index (χ0n) is 11.9. The molecule has 1 aliphatic heterocycles. The van der Waals surface area contributed by atoms with E-state index in [1.54, 1.807) is 0 Å². The van der Waals surface area contributed by atoms with Crippen LogP contribution in [0.3, 0.4) is 0 Å². The monoisotopic (exact) mass is 402 g/mol. The molecular weight excluding hydrogens is 385 g/mol. The molecule has 22 heavy (non-hydrogen) atoms. The van der Waals surface area contributed by atoms with Crippen LogP contribution in [0.25, 0.3) is 0 Å². The average molecular weight is 404 g/mol. The second kappa shape index (κ2) is 8.49. The molecule has 1 aromatic rings. The highest BCUT2D eigenvalue weighted by molar-refractivity contribution is 9.10. The number of halogens is 5. The lowest BCUT2D eigenvalue weighted by atomic mass is 9.99. The molecule has 0 aromatic heterocycles. The van der Waals surface area contributed by atoms with E-state index >= 15 is 0 Å². The number of hydrogen-bond acceptors (Lipinski definition) is 3. The first-order valence-electron chi connectivity index (χ1n) is 6.85. The number of piperazine rings is 1. The molecule has 1 aliphatic rings. The summed E-state index contributed by atoms with van der Waals surface area (Å²) >= 11 is 3.34. The Morgan fingerprint density at radius 1 is 1.27 bits per heavy atom. The highest BCUT2D eigenvalue weighted by Gasteiger charge is 2.32. The summed E-state index contributed by atoms with van der Waals surface area (Å²) in [5.41, 5.74) is -0.0699. The van der Waals surface area contributed by atoms with E-state index in [0.717, 1.165) is 32.2 Å². The molecule has 1 saturated heterocycles. The van der Waals surface area contributed by atoms with Gasteiger partial charge < -0.3 is 10.4 Å². The van der Waals surface area contributed by atoms with Gasteiger partial charge in [0.05, 0.1) is 5.56 Å². The fourth-order valence-corrected chi connectivity index (χ4v) is 3.14. The van der Waals surface area contributed by atoms with Crippen molar-refractivity contribution in [3.63, 3.8) is 0 Å². The van der Waals surface area contributed by atoms with Gasteiger partial charge in [-0.2, -0.15) is 13.2 Å². The molecule has 0 bridgehead atoms. The van der Waals surface area contributed by atoms with Crippen molar-refractivity contribution in [2.75, 3.05) is 32.8 Å². The Bertz CT molecular complexity index is 482. The second-order valence-corrected chi connectivity index (χ2v) is 5.90. The Kier molecular flexibility index (Phi) is 7.61. The van der Waals surface area contributed by atoms with Gasteiger partial charge in [-0.15, -0.1) is 12.4 Å². The van der Waals surface area contributed by atoms with Gasteiger partial charge in [-0.05, 0) is 30.2 Å². The van der Waals surface area contributed by atoms with Gasteiger partial charge in [0.25, 0.3) is 0 Å². The van der Waals surface area contributed by atoms with Crippen molar-refractivity contribution < 1.29 is 18.3 Å². The number of rotatable bonds is 4. The molecule has 2 rings (SSSR count). The molecule has 0 aliphatic carbocycles. The van der Waals surface area contributed by atoms with E-state index < -0.39 is 11.7 Å². The van der Waals surface area contributed by atoms with Crippen molar-refractivity contribution in [1.29, 1.82) is 0 Å². The number of aliphatic hydroxyl groups is 1. The number of hydrogen-bond donors (Lipinski definition) is 2. The highest BCUT2D eigenvalue weighted by atomic mass is 79.9. The van der Waals surface area contributed by atoms with Gasteiger partial charge >= 0.3 is 6.18 Å². The van der Waals surface area contributed by atoms with Crippen LogP contribution in [0, 0.1) is 0 Å². The number of nitrogens with one attached hydrogen (secondary N) is 1. The highest BCUT2D eigenvalue weighted by Crippen LogP contribution is 2.36. The third-order valence-electron chi connectivity index (χ3n) is 3.68. The molecule has 8 heteroatoms. The Labute approximate surface area is 142 Å². The van der Waals surface area contributed by atoms with Crippen LogP contribution < -0.4 is 5.32 Å². The van der Waals surface area contributed by atoms with Crippen molar-refractivity contribution in [2.24, 2.45) is 0 Å². The van der Waals surface area contributed by atoms with Gasteiger partial charge in [-0.3, -0.25) is 4.90 Å². The quantitative estimate of drug-likeness (QED) is 0.810. The molecule has 1 heterocycles. The molecule has 0 radical (unpaired) electrons. The third-order valence-corrected chi connectivity index (χ3v) is 4.40. The van der Waals surface area contributed by atoms with Crippen LogP contribution in [0.4, 0.5) is 13.2 Å². The van der Waals surface area contributed by atoms with Gasteiger partial charge in [-0.1, -0.05) is 15.9 Å². The van der Waals surface area contributed by atoms with Crippen molar-refractivity contribution in [2.45, 2.75) is 18.6 Å². The van der Waals surface area contributed by atoms with E-state index in [2.05, 4.69) is 26.1 Å². The Hall–Kier alpha value is -0.340. The Morgan fingerprint density at radius 2 is 1.91 bits per heavy atom. The van der Waals surface area contributed by atoms with Gasteiger partial charge in [0, 0.05) is 43.3 Å². The minimum atomic E-state index is -4.36. The molecule has 1 aromatic carbocycles. The zero-order valence-corrected chi connectivity index (χ0v) is 14.3. The molecule has 3 nitrogen and oxygen atoms in total. The van der Waals surface area contributed by atoms with Crippen LogP contribution in [0.2, 0.25) is 0 Å². The van der Waals surface area contributed by atoms with Crippen molar-refractivity contribution >= 4 is 28.3 Å². The van der Waals surface area contributed by atoms with Gasteiger partial charge in [0.2, 0.25) is 0 Å². The van der Waals surface area contributed by atoms with Crippen molar-refractivity contribution in [1.82, 2.24) is 10.2 Å². The van der Waals surface area contributed by atoms with Crippen molar-refractivity contribution in [3.8, 4) is 0 Å². The molecule has 0 saturated carbocycles. The molecule has 1 fully saturated rings. The van der Waals surface area contributed by atoms with Crippen LogP contribution in [0.15, 0.2) is 22.7 Å². The van der Waals surface area contributed by atoms with Crippen LogP contribution in [0.1, 0.15) is 23.6 Å². The van der Waals surface area contributed by atoms with E-state index in [-0.39, 0.29) is 25.1 Å².